The minimum atomic E-state index is -0.0598. The molecule has 1 spiro atoms. The Balaban J connectivity index is 1.30. The monoisotopic (exact) mass is 337 g/mol. The Kier molecular flexibility index (Phi) is 2.62. The van der Waals surface area contributed by atoms with E-state index in [0.717, 1.165) is 48.1 Å². The quantitative estimate of drug-likeness (QED) is 0.716. The van der Waals surface area contributed by atoms with Gasteiger partial charge in [-0.05, 0) is 80.5 Å². The molecular weight excluding hydrogens is 306 g/mol. The topological polar surface area (TPSA) is 40.9 Å². The van der Waals surface area contributed by atoms with E-state index in [1.165, 1.54) is 32.1 Å². The van der Waals surface area contributed by atoms with E-state index < -0.39 is 0 Å². The van der Waals surface area contributed by atoms with Gasteiger partial charge in [-0.3, -0.25) is 4.79 Å². The molecule has 9 unspecified atom stereocenters. The van der Waals surface area contributed by atoms with Gasteiger partial charge in [0.05, 0.1) is 0 Å². The Morgan fingerprint density at radius 1 is 1.12 bits per heavy atom. The summed E-state index contributed by atoms with van der Waals surface area (Å²) in [6.07, 6.45) is 8.75. The van der Waals surface area contributed by atoms with E-state index in [1.807, 2.05) is 0 Å². The number of carbonyl (C=O) groups excluding carboxylic acids is 1. The standard InChI is InChI=1S/C23H31NO/c1-11-13-4-12-5-14(7-13)17(16(11)6-12)8-18-19-20(25)15-9-22(2,3)21(24)23(18,19)10-15/h12-19,24H,1,4-10H2,2-3H3. The summed E-state index contributed by atoms with van der Waals surface area (Å²) in [7, 11) is 0. The van der Waals surface area contributed by atoms with Crippen LogP contribution in [0.3, 0.4) is 0 Å². The van der Waals surface area contributed by atoms with E-state index in [9.17, 15) is 4.79 Å². The Morgan fingerprint density at radius 2 is 1.92 bits per heavy atom. The number of hydrogen-bond donors (Lipinski definition) is 1. The largest absolute Gasteiger partial charge is 0.309 e. The van der Waals surface area contributed by atoms with Crippen LogP contribution in [0, 0.1) is 63.6 Å². The summed E-state index contributed by atoms with van der Waals surface area (Å²) in [5.41, 5.74) is 2.42. The molecule has 0 aromatic rings. The zero-order valence-electron chi connectivity index (χ0n) is 15.7. The van der Waals surface area contributed by atoms with Crippen LogP contribution in [0.5, 0.6) is 0 Å². The van der Waals surface area contributed by atoms with Crippen LogP contribution in [0.2, 0.25) is 0 Å². The Morgan fingerprint density at radius 3 is 2.72 bits per heavy atom. The van der Waals surface area contributed by atoms with Gasteiger partial charge in [0, 0.05) is 28.4 Å². The predicted molar refractivity (Wildman–Crippen MR) is 98.3 cm³/mol. The molecule has 6 bridgehead atoms. The lowest BCUT2D eigenvalue weighted by atomic mass is 9.49. The zero-order chi connectivity index (χ0) is 17.3. The molecule has 25 heavy (non-hydrogen) atoms. The van der Waals surface area contributed by atoms with Gasteiger partial charge in [-0.25, -0.2) is 0 Å². The van der Waals surface area contributed by atoms with Gasteiger partial charge in [0.25, 0.3) is 0 Å². The summed E-state index contributed by atoms with van der Waals surface area (Å²) < 4.78 is 0. The molecule has 0 amide bonds. The van der Waals surface area contributed by atoms with Gasteiger partial charge in [-0.15, -0.1) is 0 Å². The molecule has 7 aliphatic rings. The SMILES string of the molecule is C=C1C2CC3CC(C2)C(CC2C4C(=O)C5CC(C)(C)C(=N)C24C5)C1C3. The lowest BCUT2D eigenvalue weighted by Crippen LogP contribution is -2.47. The van der Waals surface area contributed by atoms with E-state index in [1.54, 1.807) is 5.57 Å². The normalized spacial score (nSPS) is 57.1. The number of allylic oxidation sites excluding steroid dienone is 1. The van der Waals surface area contributed by atoms with E-state index in [0.29, 0.717) is 11.7 Å². The maximum Gasteiger partial charge on any atom is 0.140 e. The Labute approximate surface area is 151 Å². The molecule has 1 N–H and O–H groups in total. The summed E-state index contributed by atoms with van der Waals surface area (Å²) in [6, 6.07) is 0. The van der Waals surface area contributed by atoms with Gasteiger partial charge >= 0.3 is 0 Å². The highest BCUT2D eigenvalue weighted by Gasteiger charge is 2.78. The van der Waals surface area contributed by atoms with Crippen LogP contribution in [0.25, 0.3) is 0 Å². The van der Waals surface area contributed by atoms with E-state index in [2.05, 4.69) is 20.4 Å². The number of carbonyl (C=O) groups is 1. The molecule has 7 fully saturated rings. The van der Waals surface area contributed by atoms with Crippen molar-refractivity contribution in [1.82, 2.24) is 0 Å². The first-order chi connectivity index (χ1) is 11.8. The molecule has 9 atom stereocenters. The fourth-order valence-corrected chi connectivity index (χ4v) is 8.89. The molecule has 0 heterocycles. The molecule has 7 aliphatic carbocycles. The van der Waals surface area contributed by atoms with Crippen LogP contribution < -0.4 is 0 Å². The minimum absolute atomic E-state index is 0.0144. The number of ketones is 1. The molecule has 7 rings (SSSR count). The third-order valence-electron chi connectivity index (χ3n) is 9.78. The van der Waals surface area contributed by atoms with Crippen molar-refractivity contribution in [2.45, 2.75) is 58.8 Å². The second-order valence-electron chi connectivity index (χ2n) is 11.2. The molecular formula is C23H31NO. The summed E-state index contributed by atoms with van der Waals surface area (Å²) >= 11 is 0. The van der Waals surface area contributed by atoms with Crippen LogP contribution in [-0.4, -0.2) is 11.5 Å². The van der Waals surface area contributed by atoms with Crippen LogP contribution in [-0.2, 0) is 4.79 Å². The second kappa shape index (κ2) is 4.31. The summed E-state index contributed by atoms with van der Waals surface area (Å²) in [5, 5.41) is 8.92. The summed E-state index contributed by atoms with van der Waals surface area (Å²) in [6.45, 7) is 8.92. The second-order valence-corrected chi connectivity index (χ2v) is 11.2. The summed E-state index contributed by atoms with van der Waals surface area (Å²) in [5.74, 6) is 5.69. The third-order valence-corrected chi connectivity index (χ3v) is 9.78. The first-order valence-corrected chi connectivity index (χ1v) is 10.6. The van der Waals surface area contributed by atoms with Crippen molar-refractivity contribution in [1.29, 1.82) is 5.41 Å². The zero-order valence-corrected chi connectivity index (χ0v) is 15.7. The van der Waals surface area contributed by atoms with Crippen molar-refractivity contribution < 1.29 is 4.79 Å². The van der Waals surface area contributed by atoms with Gasteiger partial charge in [0.1, 0.15) is 5.78 Å². The number of rotatable bonds is 2. The number of Topliss-reactive ketones (excluding diaryl/α,β-unsaturated/α-hetero) is 1. The van der Waals surface area contributed by atoms with Crippen molar-refractivity contribution in [3.05, 3.63) is 12.2 Å². The highest BCUT2D eigenvalue weighted by atomic mass is 16.1. The molecule has 0 aromatic heterocycles. The third kappa shape index (κ3) is 1.64. The lowest BCUT2D eigenvalue weighted by molar-refractivity contribution is -0.123. The highest BCUT2D eigenvalue weighted by Crippen LogP contribution is 2.76. The van der Waals surface area contributed by atoms with Gasteiger partial charge in [-0.2, -0.15) is 0 Å². The molecule has 0 radical (unpaired) electrons. The van der Waals surface area contributed by atoms with Crippen molar-refractivity contribution in [3.63, 3.8) is 0 Å². The van der Waals surface area contributed by atoms with E-state index in [4.69, 9.17) is 5.41 Å². The lowest BCUT2D eigenvalue weighted by Gasteiger charge is -2.56. The fourth-order valence-electron chi connectivity index (χ4n) is 8.89. The minimum Gasteiger partial charge on any atom is -0.309 e. The molecule has 0 aliphatic heterocycles. The molecule has 7 saturated carbocycles. The molecule has 0 saturated heterocycles. The van der Waals surface area contributed by atoms with E-state index >= 15 is 0 Å². The van der Waals surface area contributed by atoms with Crippen molar-refractivity contribution in [2.24, 2.45) is 58.2 Å². The van der Waals surface area contributed by atoms with Crippen molar-refractivity contribution >= 4 is 11.5 Å². The molecule has 134 valence electrons. The Bertz CT molecular complexity index is 720. The number of hydrogen-bond acceptors (Lipinski definition) is 2. The van der Waals surface area contributed by atoms with Gasteiger partial charge in [0.15, 0.2) is 0 Å². The highest BCUT2D eigenvalue weighted by molar-refractivity contribution is 6.08. The van der Waals surface area contributed by atoms with Gasteiger partial charge < -0.3 is 5.41 Å². The Hall–Kier alpha value is -0.920. The van der Waals surface area contributed by atoms with Crippen LogP contribution in [0.4, 0.5) is 0 Å². The smallest absolute Gasteiger partial charge is 0.140 e. The van der Waals surface area contributed by atoms with Crippen LogP contribution >= 0.6 is 0 Å². The maximum absolute atomic E-state index is 13.0. The van der Waals surface area contributed by atoms with E-state index in [-0.39, 0.29) is 22.7 Å². The van der Waals surface area contributed by atoms with Crippen molar-refractivity contribution in [2.75, 3.05) is 0 Å². The summed E-state index contributed by atoms with van der Waals surface area (Å²) in [4.78, 5) is 13.0. The molecule has 0 aromatic carbocycles. The van der Waals surface area contributed by atoms with Gasteiger partial charge in [-0.1, -0.05) is 26.0 Å². The van der Waals surface area contributed by atoms with Gasteiger partial charge in [0.2, 0.25) is 0 Å². The van der Waals surface area contributed by atoms with Crippen molar-refractivity contribution in [3.8, 4) is 0 Å². The number of fused-ring (bicyclic) bond motifs is 1. The first kappa shape index (κ1) is 15.2. The molecule has 2 heteroatoms. The first-order valence-electron chi connectivity index (χ1n) is 10.6. The fraction of sp³-hybridized carbons (Fsp3) is 0.826. The molecule has 2 nitrogen and oxygen atoms in total. The number of nitrogens with one attached hydrogen (secondary N) is 1. The average Bonchev–Trinajstić information content (AvgIpc) is 3.09. The predicted octanol–water partition coefficient (Wildman–Crippen LogP) is 4.89. The van der Waals surface area contributed by atoms with Crippen LogP contribution in [0.15, 0.2) is 12.2 Å². The average molecular weight is 338 g/mol. The maximum atomic E-state index is 13.0. The van der Waals surface area contributed by atoms with Crippen LogP contribution in [0.1, 0.15) is 58.8 Å².